The number of nitrogens with one attached hydrogen (secondary N) is 1. The molecule has 0 atom stereocenters. The second-order valence-electron chi connectivity index (χ2n) is 3.89. The van der Waals surface area contributed by atoms with Gasteiger partial charge in [0.15, 0.2) is 0 Å². The Morgan fingerprint density at radius 2 is 2.20 bits per heavy atom. The Morgan fingerprint density at radius 1 is 1.50 bits per heavy atom. The van der Waals surface area contributed by atoms with Gasteiger partial charge in [-0.1, -0.05) is 6.07 Å². The summed E-state index contributed by atoms with van der Waals surface area (Å²) >= 11 is 0. The van der Waals surface area contributed by atoms with Crippen LogP contribution in [0.1, 0.15) is 23.7 Å². The van der Waals surface area contributed by atoms with Gasteiger partial charge in [0.25, 0.3) is 0 Å². The zero-order valence-electron chi connectivity index (χ0n) is 10.9. The average molecular weight is 279 g/mol. The van der Waals surface area contributed by atoms with Gasteiger partial charge in [-0.3, -0.25) is 0 Å². The Kier molecular flexibility index (Phi) is 5.47. The fraction of sp³-hybridized carbons (Fsp3) is 0.308. The lowest BCUT2D eigenvalue weighted by molar-refractivity contribution is 0.0693. The molecule has 6 nitrogen and oxygen atoms in total. The first-order valence-corrected chi connectivity index (χ1v) is 5.96. The molecule has 0 aromatic heterocycles. The third kappa shape index (κ3) is 3.68. The zero-order chi connectivity index (χ0) is 15.1. The van der Waals surface area contributed by atoms with Crippen LogP contribution in [-0.4, -0.2) is 35.1 Å². The van der Waals surface area contributed by atoms with Crippen molar-refractivity contribution in [1.82, 2.24) is 4.90 Å². The summed E-state index contributed by atoms with van der Waals surface area (Å²) in [7, 11) is 0. The Labute approximate surface area is 115 Å². The van der Waals surface area contributed by atoms with E-state index in [0.29, 0.717) is 6.54 Å². The number of rotatable bonds is 5. The van der Waals surface area contributed by atoms with E-state index in [-0.39, 0.29) is 18.7 Å². The maximum atomic E-state index is 13.4. The monoisotopic (exact) mass is 279 g/mol. The quantitative estimate of drug-likeness (QED) is 0.864. The number of carbonyl (C=O) groups is 2. The van der Waals surface area contributed by atoms with E-state index in [4.69, 9.17) is 10.4 Å². The fourth-order valence-corrected chi connectivity index (χ4v) is 1.63. The molecule has 0 bridgehead atoms. The third-order valence-corrected chi connectivity index (χ3v) is 2.63. The normalized spacial score (nSPS) is 9.65. The molecular weight excluding hydrogens is 265 g/mol. The highest BCUT2D eigenvalue weighted by Gasteiger charge is 2.19. The summed E-state index contributed by atoms with van der Waals surface area (Å²) in [4.78, 5) is 24.2. The van der Waals surface area contributed by atoms with Crippen molar-refractivity contribution in [2.24, 2.45) is 0 Å². The molecule has 0 spiro atoms. The Morgan fingerprint density at radius 3 is 2.75 bits per heavy atom. The number of hydrogen-bond acceptors (Lipinski definition) is 3. The van der Waals surface area contributed by atoms with E-state index in [2.05, 4.69) is 5.32 Å². The standard InChI is InChI=1S/C13H14FN3O3/c1-2-17(8-4-7-15)13(20)16-10-6-3-5-9(14)11(10)12(18)19/h3,5-6H,2,4,8H2,1H3,(H,16,20)(H,18,19). The first-order chi connectivity index (χ1) is 9.51. The summed E-state index contributed by atoms with van der Waals surface area (Å²) in [5, 5.41) is 19.8. The number of aromatic carboxylic acids is 1. The molecule has 0 aliphatic carbocycles. The number of carboxylic acid groups (broad SMARTS) is 1. The average Bonchev–Trinajstić information content (AvgIpc) is 2.39. The molecule has 106 valence electrons. The van der Waals surface area contributed by atoms with E-state index < -0.39 is 23.4 Å². The number of carboxylic acids is 1. The number of nitrogens with zero attached hydrogens (tertiary/aromatic N) is 2. The summed E-state index contributed by atoms with van der Waals surface area (Å²) in [6, 6.07) is 4.96. The summed E-state index contributed by atoms with van der Waals surface area (Å²) in [5.41, 5.74) is -0.699. The maximum absolute atomic E-state index is 13.4. The molecule has 0 saturated heterocycles. The molecule has 0 aliphatic rings. The lowest BCUT2D eigenvalue weighted by Crippen LogP contribution is -2.35. The van der Waals surface area contributed by atoms with Gasteiger partial charge in [0.05, 0.1) is 18.2 Å². The largest absolute Gasteiger partial charge is 0.478 e. The van der Waals surface area contributed by atoms with Gasteiger partial charge in [0.2, 0.25) is 0 Å². The maximum Gasteiger partial charge on any atom is 0.340 e. The van der Waals surface area contributed by atoms with Gasteiger partial charge in [-0.05, 0) is 19.1 Å². The molecule has 0 heterocycles. The van der Waals surface area contributed by atoms with E-state index in [9.17, 15) is 14.0 Å². The topological polar surface area (TPSA) is 93.4 Å². The van der Waals surface area contributed by atoms with Crippen molar-refractivity contribution in [3.63, 3.8) is 0 Å². The van der Waals surface area contributed by atoms with Gasteiger partial charge >= 0.3 is 12.0 Å². The van der Waals surface area contributed by atoms with Crippen LogP contribution in [0, 0.1) is 17.1 Å². The predicted octanol–water partition coefficient (Wildman–Crippen LogP) is 2.29. The minimum atomic E-state index is -1.46. The Balaban J connectivity index is 2.93. The van der Waals surface area contributed by atoms with Gasteiger partial charge in [-0.15, -0.1) is 0 Å². The van der Waals surface area contributed by atoms with Crippen molar-refractivity contribution < 1.29 is 19.1 Å². The van der Waals surface area contributed by atoms with Gasteiger partial charge in [0.1, 0.15) is 11.4 Å². The summed E-state index contributed by atoms with van der Waals surface area (Å²) < 4.78 is 13.4. The van der Waals surface area contributed by atoms with Crippen LogP contribution in [0.5, 0.6) is 0 Å². The lowest BCUT2D eigenvalue weighted by atomic mass is 10.1. The number of halogens is 1. The smallest absolute Gasteiger partial charge is 0.340 e. The molecule has 0 saturated carbocycles. The van der Waals surface area contributed by atoms with E-state index in [1.165, 1.54) is 17.0 Å². The number of urea groups is 1. The van der Waals surface area contributed by atoms with Crippen molar-refractivity contribution >= 4 is 17.7 Å². The molecule has 0 aliphatic heterocycles. The molecule has 0 unspecified atom stereocenters. The molecule has 7 heteroatoms. The highest BCUT2D eigenvalue weighted by molar-refractivity contribution is 6.00. The molecule has 1 aromatic carbocycles. The molecule has 0 fully saturated rings. The fourth-order valence-electron chi connectivity index (χ4n) is 1.63. The van der Waals surface area contributed by atoms with Crippen molar-refractivity contribution in [3.8, 4) is 6.07 Å². The molecule has 1 rings (SSSR count). The second-order valence-corrected chi connectivity index (χ2v) is 3.89. The van der Waals surface area contributed by atoms with Crippen molar-refractivity contribution in [3.05, 3.63) is 29.6 Å². The number of carbonyl (C=O) groups excluding carboxylic acids is 1. The highest BCUT2D eigenvalue weighted by atomic mass is 19.1. The van der Waals surface area contributed by atoms with Gasteiger partial charge in [-0.2, -0.15) is 5.26 Å². The number of benzene rings is 1. The van der Waals surface area contributed by atoms with Crippen LogP contribution in [0.25, 0.3) is 0 Å². The van der Waals surface area contributed by atoms with E-state index >= 15 is 0 Å². The van der Waals surface area contributed by atoms with Crippen LogP contribution in [0.4, 0.5) is 14.9 Å². The van der Waals surface area contributed by atoms with Crippen LogP contribution >= 0.6 is 0 Å². The predicted molar refractivity (Wildman–Crippen MR) is 69.9 cm³/mol. The van der Waals surface area contributed by atoms with Gasteiger partial charge in [-0.25, -0.2) is 14.0 Å². The van der Waals surface area contributed by atoms with Gasteiger partial charge < -0.3 is 15.3 Å². The molecular formula is C13H14FN3O3. The molecule has 2 amide bonds. The number of nitriles is 1. The summed E-state index contributed by atoms with van der Waals surface area (Å²) in [6.45, 7) is 2.29. The molecule has 20 heavy (non-hydrogen) atoms. The molecule has 1 aromatic rings. The first kappa shape index (κ1) is 15.4. The first-order valence-electron chi connectivity index (χ1n) is 5.96. The van der Waals surface area contributed by atoms with Crippen LogP contribution < -0.4 is 5.32 Å². The number of hydrogen-bond donors (Lipinski definition) is 2. The minimum absolute atomic E-state index is 0.113. The van der Waals surface area contributed by atoms with E-state index in [0.717, 1.165) is 6.07 Å². The minimum Gasteiger partial charge on any atom is -0.478 e. The van der Waals surface area contributed by atoms with Crippen LogP contribution in [0.3, 0.4) is 0 Å². The van der Waals surface area contributed by atoms with Crippen LogP contribution in [-0.2, 0) is 0 Å². The lowest BCUT2D eigenvalue weighted by Gasteiger charge is -2.20. The zero-order valence-corrected chi connectivity index (χ0v) is 10.9. The highest BCUT2D eigenvalue weighted by Crippen LogP contribution is 2.19. The number of anilines is 1. The number of amides is 2. The summed E-state index contributed by atoms with van der Waals surface area (Å²) in [5.74, 6) is -2.38. The summed E-state index contributed by atoms with van der Waals surface area (Å²) in [6.07, 6.45) is 0.163. The molecule has 2 N–H and O–H groups in total. The Bertz CT molecular complexity index is 554. The third-order valence-electron chi connectivity index (χ3n) is 2.63. The van der Waals surface area contributed by atoms with E-state index in [1.807, 2.05) is 6.07 Å². The Hall–Kier alpha value is -2.62. The van der Waals surface area contributed by atoms with Crippen molar-refractivity contribution in [1.29, 1.82) is 5.26 Å². The SMILES string of the molecule is CCN(CCC#N)C(=O)Nc1cccc(F)c1C(=O)O. The van der Waals surface area contributed by atoms with Crippen molar-refractivity contribution in [2.45, 2.75) is 13.3 Å². The van der Waals surface area contributed by atoms with E-state index in [1.54, 1.807) is 6.92 Å². The van der Waals surface area contributed by atoms with Crippen LogP contribution in [0.2, 0.25) is 0 Å². The van der Waals surface area contributed by atoms with Gasteiger partial charge in [0, 0.05) is 13.1 Å². The molecule has 0 radical (unpaired) electrons. The van der Waals surface area contributed by atoms with Crippen LogP contribution in [0.15, 0.2) is 18.2 Å². The van der Waals surface area contributed by atoms with Crippen molar-refractivity contribution in [2.75, 3.05) is 18.4 Å². The second kappa shape index (κ2) is 7.09.